The van der Waals surface area contributed by atoms with Gasteiger partial charge in [0, 0.05) is 18.7 Å². The second-order valence-electron chi connectivity index (χ2n) is 11.1. The number of rotatable bonds is 4. The summed E-state index contributed by atoms with van der Waals surface area (Å²) in [5, 5.41) is 3.61. The zero-order chi connectivity index (χ0) is 24.4. The van der Waals surface area contributed by atoms with Crippen LogP contribution < -0.4 is 5.32 Å². The molecule has 5 aliphatic rings. The summed E-state index contributed by atoms with van der Waals surface area (Å²) in [7, 11) is 0. The largest absolute Gasteiger partial charge is 0.416 e. The molecule has 0 saturated heterocycles. The second-order valence-corrected chi connectivity index (χ2v) is 11.1. The van der Waals surface area contributed by atoms with E-state index in [0.29, 0.717) is 30.1 Å². The lowest BCUT2D eigenvalue weighted by Crippen LogP contribution is -2.49. The third kappa shape index (κ3) is 4.16. The van der Waals surface area contributed by atoms with E-state index in [1.807, 2.05) is 0 Å². The van der Waals surface area contributed by atoms with Crippen LogP contribution in [-0.2, 0) is 19.1 Å². The molecule has 4 fully saturated rings. The molecule has 1 aromatic heterocycles. The number of carbonyl (C=O) groups excluding carboxylic acids is 1. The van der Waals surface area contributed by atoms with E-state index in [0.717, 1.165) is 47.8 Å². The number of alkyl halides is 3. The van der Waals surface area contributed by atoms with Crippen molar-refractivity contribution in [3.8, 4) is 0 Å². The average molecular weight is 489 g/mol. The van der Waals surface area contributed by atoms with Crippen LogP contribution in [0.4, 0.5) is 23.4 Å². The van der Waals surface area contributed by atoms with Crippen molar-refractivity contribution in [1.82, 2.24) is 14.9 Å². The van der Waals surface area contributed by atoms with Gasteiger partial charge >= 0.3 is 6.18 Å². The van der Waals surface area contributed by atoms with E-state index < -0.39 is 23.5 Å². The maximum Gasteiger partial charge on any atom is 0.416 e. The van der Waals surface area contributed by atoms with Gasteiger partial charge in [0.25, 0.3) is 5.91 Å². The first-order valence-corrected chi connectivity index (χ1v) is 12.4. The molecule has 1 amide bonds. The number of carbonyl (C=O) groups is 1. The molecule has 1 aliphatic heterocycles. The number of nitrogens with zero attached hydrogens (tertiary/aromatic N) is 3. The molecule has 186 valence electrons. The predicted octanol–water partition coefficient (Wildman–Crippen LogP) is 5.46. The molecule has 0 spiro atoms. The molecule has 0 radical (unpaired) electrons. The fourth-order valence-electron chi connectivity index (χ4n) is 7.49. The monoisotopic (exact) mass is 488 g/mol. The molecule has 35 heavy (non-hydrogen) atoms. The first kappa shape index (κ1) is 22.7. The van der Waals surface area contributed by atoms with E-state index in [-0.39, 0.29) is 12.1 Å². The topological polar surface area (TPSA) is 58.1 Å². The van der Waals surface area contributed by atoms with Gasteiger partial charge in [-0.05, 0) is 86.3 Å². The first-order valence-electron chi connectivity index (χ1n) is 12.4. The summed E-state index contributed by atoms with van der Waals surface area (Å²) in [5.74, 6) is 1.60. The Balaban J connectivity index is 1.16. The van der Waals surface area contributed by atoms with Gasteiger partial charge in [-0.25, -0.2) is 14.4 Å². The molecule has 1 N–H and O–H groups in total. The Kier molecular flexibility index (Phi) is 5.30. The van der Waals surface area contributed by atoms with E-state index in [4.69, 9.17) is 0 Å². The van der Waals surface area contributed by atoms with E-state index >= 15 is 0 Å². The third-order valence-electron chi connectivity index (χ3n) is 8.62. The summed E-state index contributed by atoms with van der Waals surface area (Å²) in [5.41, 5.74) is 0.534. The van der Waals surface area contributed by atoms with Crippen molar-refractivity contribution >= 4 is 11.7 Å². The Morgan fingerprint density at radius 2 is 1.77 bits per heavy atom. The molecule has 1 aromatic carbocycles. The van der Waals surface area contributed by atoms with Crippen LogP contribution in [0.1, 0.15) is 65.7 Å². The Labute approximate surface area is 201 Å². The zero-order valence-corrected chi connectivity index (χ0v) is 19.4. The van der Waals surface area contributed by atoms with Gasteiger partial charge in [0.15, 0.2) is 0 Å². The van der Waals surface area contributed by atoms with Crippen LogP contribution in [0.5, 0.6) is 0 Å². The fourth-order valence-corrected chi connectivity index (χ4v) is 7.49. The molecule has 0 atom stereocenters. The van der Waals surface area contributed by atoms with E-state index in [1.54, 1.807) is 0 Å². The number of hydrogen-bond donors (Lipinski definition) is 1. The number of halogens is 4. The van der Waals surface area contributed by atoms with Crippen molar-refractivity contribution in [3.05, 3.63) is 52.7 Å². The SMILES string of the molecule is O=C(c1ccc(C(F)(F)F)cc1F)N1CCc2c(ncnc2NCC23CC4CC(CC(C4)C2)C3)C1. The Morgan fingerprint density at radius 3 is 2.40 bits per heavy atom. The summed E-state index contributed by atoms with van der Waals surface area (Å²) in [4.78, 5) is 23.2. The molecule has 2 aromatic rings. The van der Waals surface area contributed by atoms with Crippen LogP contribution in [0.2, 0.25) is 0 Å². The van der Waals surface area contributed by atoms with Crippen molar-refractivity contribution in [2.75, 3.05) is 18.4 Å². The van der Waals surface area contributed by atoms with Gasteiger partial charge in [-0.3, -0.25) is 4.79 Å². The first-order chi connectivity index (χ1) is 16.7. The van der Waals surface area contributed by atoms with Crippen LogP contribution in [0, 0.1) is 29.0 Å². The van der Waals surface area contributed by atoms with E-state index in [2.05, 4.69) is 15.3 Å². The van der Waals surface area contributed by atoms with Crippen LogP contribution in [0.3, 0.4) is 0 Å². The number of aromatic nitrogens is 2. The molecule has 4 bridgehead atoms. The summed E-state index contributed by atoms with van der Waals surface area (Å²) in [6, 6.07) is 2.02. The highest BCUT2D eigenvalue weighted by molar-refractivity contribution is 5.94. The molecule has 2 heterocycles. The van der Waals surface area contributed by atoms with Crippen LogP contribution >= 0.6 is 0 Å². The summed E-state index contributed by atoms with van der Waals surface area (Å²) >= 11 is 0. The zero-order valence-electron chi connectivity index (χ0n) is 19.4. The van der Waals surface area contributed by atoms with Crippen molar-refractivity contribution < 1.29 is 22.4 Å². The minimum absolute atomic E-state index is 0.170. The number of anilines is 1. The molecule has 4 saturated carbocycles. The lowest BCUT2D eigenvalue weighted by atomic mass is 9.49. The molecule has 9 heteroatoms. The van der Waals surface area contributed by atoms with Crippen molar-refractivity contribution in [2.24, 2.45) is 23.2 Å². The van der Waals surface area contributed by atoms with Crippen LogP contribution in [0.25, 0.3) is 0 Å². The molecule has 7 rings (SSSR count). The molecule has 4 aliphatic carbocycles. The van der Waals surface area contributed by atoms with Gasteiger partial charge in [0.2, 0.25) is 0 Å². The van der Waals surface area contributed by atoms with Gasteiger partial charge in [-0.15, -0.1) is 0 Å². The summed E-state index contributed by atoms with van der Waals surface area (Å²) in [6.45, 7) is 1.40. The highest BCUT2D eigenvalue weighted by Gasteiger charge is 2.50. The Morgan fingerprint density at radius 1 is 1.09 bits per heavy atom. The molecule has 0 unspecified atom stereocenters. The van der Waals surface area contributed by atoms with Gasteiger partial charge in [-0.1, -0.05) is 0 Å². The lowest BCUT2D eigenvalue weighted by Gasteiger charge is -2.57. The summed E-state index contributed by atoms with van der Waals surface area (Å²) < 4.78 is 52.9. The quantitative estimate of drug-likeness (QED) is 0.581. The molecular formula is C26H28F4N4O. The molecular weight excluding hydrogens is 460 g/mol. The fraction of sp³-hybridized carbons (Fsp3) is 0.577. The van der Waals surface area contributed by atoms with Gasteiger partial charge < -0.3 is 10.2 Å². The third-order valence-corrected chi connectivity index (χ3v) is 8.62. The standard InChI is InChI=1S/C26H28F4N4O/c27-21-8-18(26(28,29)30)1-2-19(21)24(35)34-4-3-20-22(12-34)32-14-33-23(20)31-13-25-9-15-5-16(10-25)7-17(6-15)11-25/h1-2,8,14-17H,3-7,9-13H2,(H,31,32,33). The van der Waals surface area contributed by atoms with Crippen LogP contribution in [-0.4, -0.2) is 33.9 Å². The number of benzene rings is 1. The van der Waals surface area contributed by atoms with Crippen molar-refractivity contribution in [1.29, 1.82) is 0 Å². The van der Waals surface area contributed by atoms with E-state index in [9.17, 15) is 22.4 Å². The summed E-state index contributed by atoms with van der Waals surface area (Å²) in [6.07, 6.45) is 5.38. The number of amides is 1. The van der Waals surface area contributed by atoms with Crippen molar-refractivity contribution in [3.63, 3.8) is 0 Å². The van der Waals surface area contributed by atoms with Gasteiger partial charge in [0.05, 0.1) is 23.4 Å². The maximum atomic E-state index is 14.4. The lowest BCUT2D eigenvalue weighted by molar-refractivity contribution is -0.137. The molecule has 5 nitrogen and oxygen atoms in total. The van der Waals surface area contributed by atoms with Crippen LogP contribution in [0.15, 0.2) is 24.5 Å². The predicted molar refractivity (Wildman–Crippen MR) is 121 cm³/mol. The highest BCUT2D eigenvalue weighted by Crippen LogP contribution is 2.60. The normalized spacial score (nSPS) is 29.3. The highest BCUT2D eigenvalue weighted by atomic mass is 19.4. The Hall–Kier alpha value is -2.71. The number of hydrogen-bond acceptors (Lipinski definition) is 4. The average Bonchev–Trinajstić information content (AvgIpc) is 2.80. The van der Waals surface area contributed by atoms with Gasteiger partial charge in [-0.2, -0.15) is 13.2 Å². The smallest absolute Gasteiger partial charge is 0.369 e. The Bertz CT molecular complexity index is 1130. The van der Waals surface area contributed by atoms with Crippen molar-refractivity contribution in [2.45, 2.75) is 57.7 Å². The maximum absolute atomic E-state index is 14.4. The number of nitrogens with one attached hydrogen (secondary N) is 1. The van der Waals surface area contributed by atoms with E-state index in [1.165, 1.54) is 49.8 Å². The number of fused-ring (bicyclic) bond motifs is 1. The van der Waals surface area contributed by atoms with Gasteiger partial charge in [0.1, 0.15) is 18.0 Å². The second kappa shape index (κ2) is 8.17. The minimum Gasteiger partial charge on any atom is -0.369 e. The minimum atomic E-state index is -4.66.